The molecule has 0 radical (unpaired) electrons. The fourth-order valence-corrected chi connectivity index (χ4v) is 2.77. The summed E-state index contributed by atoms with van der Waals surface area (Å²) in [5, 5.41) is 3.40. The van der Waals surface area contributed by atoms with Crippen molar-refractivity contribution >= 4 is 15.9 Å². The molecule has 0 saturated carbocycles. The van der Waals surface area contributed by atoms with Gasteiger partial charge < -0.3 is 5.32 Å². The largest absolute Gasteiger partial charge is 0.310 e. The molecule has 0 fully saturated rings. The van der Waals surface area contributed by atoms with Crippen molar-refractivity contribution in [3.63, 3.8) is 0 Å². The summed E-state index contributed by atoms with van der Waals surface area (Å²) in [6.45, 7) is 4.60. The first kappa shape index (κ1) is 16.1. The van der Waals surface area contributed by atoms with E-state index >= 15 is 0 Å². The number of benzene rings is 2. The van der Waals surface area contributed by atoms with E-state index in [4.69, 9.17) is 0 Å². The van der Waals surface area contributed by atoms with Crippen LogP contribution in [0.25, 0.3) is 0 Å². The first-order valence-corrected chi connectivity index (χ1v) is 7.74. The standard InChI is InChI=1S/C17H18BrF2N/c1-3-21-17(13-5-7-15(19)11(2)8-13)10-12-4-6-16(20)14(18)9-12/h4-9,17,21H,3,10H2,1-2H3. The van der Waals surface area contributed by atoms with Gasteiger partial charge in [-0.1, -0.05) is 25.1 Å². The van der Waals surface area contributed by atoms with Gasteiger partial charge in [0.1, 0.15) is 11.6 Å². The molecule has 0 aliphatic carbocycles. The Labute approximate surface area is 132 Å². The zero-order valence-corrected chi connectivity index (χ0v) is 13.7. The molecule has 0 saturated heterocycles. The molecule has 0 heterocycles. The molecule has 0 aliphatic heterocycles. The minimum absolute atomic E-state index is 0.0756. The minimum Gasteiger partial charge on any atom is -0.310 e. The van der Waals surface area contributed by atoms with Crippen molar-refractivity contribution < 1.29 is 8.78 Å². The second-order valence-corrected chi connectivity index (χ2v) is 5.93. The van der Waals surface area contributed by atoms with Crippen LogP contribution in [-0.2, 0) is 6.42 Å². The van der Waals surface area contributed by atoms with Crippen LogP contribution in [0.1, 0.15) is 29.7 Å². The maximum atomic E-state index is 13.4. The van der Waals surface area contributed by atoms with Crippen molar-refractivity contribution in [3.8, 4) is 0 Å². The van der Waals surface area contributed by atoms with Crippen LogP contribution in [0.15, 0.2) is 40.9 Å². The van der Waals surface area contributed by atoms with E-state index in [1.165, 1.54) is 12.1 Å². The monoisotopic (exact) mass is 353 g/mol. The Balaban J connectivity index is 2.25. The van der Waals surface area contributed by atoms with E-state index in [2.05, 4.69) is 21.2 Å². The molecule has 0 aromatic heterocycles. The van der Waals surface area contributed by atoms with E-state index in [9.17, 15) is 8.78 Å². The van der Waals surface area contributed by atoms with Crippen molar-refractivity contribution in [2.24, 2.45) is 0 Å². The summed E-state index contributed by atoms with van der Waals surface area (Å²) in [5.74, 6) is -0.463. The van der Waals surface area contributed by atoms with Crippen molar-refractivity contribution in [1.29, 1.82) is 0 Å². The van der Waals surface area contributed by atoms with Crippen LogP contribution >= 0.6 is 15.9 Å². The fourth-order valence-electron chi connectivity index (χ4n) is 2.34. The highest BCUT2D eigenvalue weighted by molar-refractivity contribution is 9.10. The lowest BCUT2D eigenvalue weighted by atomic mass is 9.97. The van der Waals surface area contributed by atoms with Crippen molar-refractivity contribution in [2.45, 2.75) is 26.3 Å². The zero-order chi connectivity index (χ0) is 15.4. The van der Waals surface area contributed by atoms with Crippen molar-refractivity contribution in [1.82, 2.24) is 5.32 Å². The van der Waals surface area contributed by atoms with Crippen LogP contribution in [0.2, 0.25) is 0 Å². The molecule has 1 atom stereocenters. The number of nitrogens with one attached hydrogen (secondary N) is 1. The third kappa shape index (κ3) is 4.11. The molecule has 21 heavy (non-hydrogen) atoms. The van der Waals surface area contributed by atoms with Gasteiger partial charge in [-0.15, -0.1) is 0 Å². The molecule has 2 aromatic carbocycles. The van der Waals surface area contributed by atoms with Gasteiger partial charge in [0.25, 0.3) is 0 Å². The Kier molecular flexibility index (Phi) is 5.48. The SMILES string of the molecule is CCNC(Cc1ccc(F)c(Br)c1)c1ccc(F)c(C)c1. The second-order valence-electron chi connectivity index (χ2n) is 5.07. The highest BCUT2D eigenvalue weighted by atomic mass is 79.9. The molecule has 0 amide bonds. The summed E-state index contributed by atoms with van der Waals surface area (Å²) in [7, 11) is 0. The van der Waals surface area contributed by atoms with Crippen molar-refractivity contribution in [3.05, 3.63) is 69.2 Å². The normalized spacial score (nSPS) is 12.4. The molecule has 1 nitrogen and oxygen atoms in total. The summed E-state index contributed by atoms with van der Waals surface area (Å²) in [6.07, 6.45) is 0.720. The van der Waals surface area contributed by atoms with Crippen LogP contribution < -0.4 is 5.32 Å². The lowest BCUT2D eigenvalue weighted by Gasteiger charge is -2.19. The number of likely N-dealkylation sites (N-methyl/N-ethyl adjacent to an activating group) is 1. The molecular weight excluding hydrogens is 336 g/mol. The van der Waals surface area contributed by atoms with E-state index in [-0.39, 0.29) is 17.7 Å². The third-order valence-corrected chi connectivity index (χ3v) is 4.07. The van der Waals surface area contributed by atoms with Crippen LogP contribution in [0.4, 0.5) is 8.78 Å². The Morgan fingerprint density at radius 2 is 1.81 bits per heavy atom. The molecule has 4 heteroatoms. The number of hydrogen-bond acceptors (Lipinski definition) is 1. The maximum Gasteiger partial charge on any atom is 0.137 e. The lowest BCUT2D eigenvalue weighted by molar-refractivity contribution is 0.545. The summed E-state index contributed by atoms with van der Waals surface area (Å²) in [6, 6.07) is 10.3. The number of aryl methyl sites for hydroxylation is 1. The molecule has 2 aromatic rings. The Morgan fingerprint density at radius 3 is 2.43 bits per heavy atom. The van der Waals surface area contributed by atoms with Crippen molar-refractivity contribution in [2.75, 3.05) is 6.54 Å². The average molecular weight is 354 g/mol. The van der Waals surface area contributed by atoms with Crippen LogP contribution in [-0.4, -0.2) is 6.54 Å². The third-order valence-electron chi connectivity index (χ3n) is 3.46. The van der Waals surface area contributed by atoms with E-state index in [0.29, 0.717) is 10.0 Å². The maximum absolute atomic E-state index is 13.4. The molecule has 1 unspecified atom stereocenters. The van der Waals surface area contributed by atoms with Gasteiger partial charge in [0, 0.05) is 6.04 Å². The first-order chi connectivity index (χ1) is 10.0. The van der Waals surface area contributed by atoms with E-state index in [1.54, 1.807) is 25.1 Å². The molecule has 1 N–H and O–H groups in total. The molecule has 0 aliphatic rings. The average Bonchev–Trinajstić information content (AvgIpc) is 2.45. The van der Waals surface area contributed by atoms with E-state index in [1.807, 2.05) is 13.0 Å². The summed E-state index contributed by atoms with van der Waals surface area (Å²) >= 11 is 3.21. The molecule has 2 rings (SSSR count). The minimum atomic E-state index is -0.267. The number of halogens is 3. The van der Waals surface area contributed by atoms with E-state index in [0.717, 1.165) is 24.1 Å². The predicted molar refractivity (Wildman–Crippen MR) is 85.4 cm³/mol. The Hall–Kier alpha value is -1.26. The molecule has 0 bridgehead atoms. The van der Waals surface area contributed by atoms with Gasteiger partial charge in [-0.2, -0.15) is 0 Å². The molecule has 0 spiro atoms. The van der Waals surface area contributed by atoms with E-state index < -0.39 is 0 Å². The highest BCUT2D eigenvalue weighted by Crippen LogP contribution is 2.23. The Bertz CT molecular complexity index is 628. The lowest BCUT2D eigenvalue weighted by Crippen LogP contribution is -2.23. The summed E-state index contributed by atoms with van der Waals surface area (Å²) in [4.78, 5) is 0. The van der Waals surface area contributed by atoms with Crippen LogP contribution in [0.3, 0.4) is 0 Å². The van der Waals surface area contributed by atoms with Gasteiger partial charge in [0.2, 0.25) is 0 Å². The van der Waals surface area contributed by atoms with Gasteiger partial charge in [0.15, 0.2) is 0 Å². The summed E-state index contributed by atoms with van der Waals surface area (Å²) in [5.41, 5.74) is 2.70. The Morgan fingerprint density at radius 1 is 1.10 bits per heavy atom. The fraction of sp³-hybridized carbons (Fsp3) is 0.294. The second kappa shape index (κ2) is 7.14. The quantitative estimate of drug-likeness (QED) is 0.803. The van der Waals surface area contributed by atoms with Gasteiger partial charge in [-0.05, 0) is 70.7 Å². The first-order valence-electron chi connectivity index (χ1n) is 6.94. The molecular formula is C17H18BrF2N. The predicted octanol–water partition coefficient (Wildman–Crippen LogP) is 4.93. The zero-order valence-electron chi connectivity index (χ0n) is 12.1. The van der Waals surface area contributed by atoms with Gasteiger partial charge in [-0.25, -0.2) is 8.78 Å². The van der Waals surface area contributed by atoms with Gasteiger partial charge in [0.05, 0.1) is 4.47 Å². The summed E-state index contributed by atoms with van der Waals surface area (Å²) < 4.78 is 27.2. The van der Waals surface area contributed by atoms with Crippen LogP contribution in [0, 0.1) is 18.6 Å². The number of rotatable bonds is 5. The highest BCUT2D eigenvalue weighted by Gasteiger charge is 2.13. The van der Waals surface area contributed by atoms with Crippen LogP contribution in [0.5, 0.6) is 0 Å². The topological polar surface area (TPSA) is 12.0 Å². The number of hydrogen-bond donors (Lipinski definition) is 1. The van der Waals surface area contributed by atoms with Gasteiger partial charge >= 0.3 is 0 Å². The van der Waals surface area contributed by atoms with Gasteiger partial charge in [-0.3, -0.25) is 0 Å². The smallest absolute Gasteiger partial charge is 0.137 e. The molecule has 112 valence electrons.